The molecule has 0 spiro atoms. The van der Waals surface area contributed by atoms with Crippen LogP contribution in [0.1, 0.15) is 44.9 Å². The fourth-order valence-corrected chi connectivity index (χ4v) is 4.04. The lowest BCUT2D eigenvalue weighted by atomic mass is 9.97. The van der Waals surface area contributed by atoms with Crippen molar-refractivity contribution in [2.24, 2.45) is 5.92 Å². The Morgan fingerprint density at radius 3 is 2.88 bits per heavy atom. The monoisotopic (exact) mass is 367 g/mol. The van der Waals surface area contributed by atoms with Crippen molar-refractivity contribution in [3.05, 3.63) is 0 Å². The topological polar surface area (TPSA) is 79.9 Å². The summed E-state index contributed by atoms with van der Waals surface area (Å²) >= 11 is 0. The van der Waals surface area contributed by atoms with E-state index in [0.717, 1.165) is 64.8 Å². The number of carbonyl (C=O) groups is 2. The average molecular weight is 367 g/mol. The van der Waals surface area contributed by atoms with Gasteiger partial charge in [-0.3, -0.25) is 9.59 Å². The number of amides is 2. The average Bonchev–Trinajstić information content (AvgIpc) is 3.37. The van der Waals surface area contributed by atoms with Crippen LogP contribution in [0.3, 0.4) is 0 Å². The third kappa shape index (κ3) is 5.93. The van der Waals surface area contributed by atoms with Crippen LogP contribution in [0.15, 0.2) is 0 Å². The molecule has 3 fully saturated rings. The lowest BCUT2D eigenvalue weighted by molar-refractivity contribution is -0.134. The van der Waals surface area contributed by atoms with E-state index in [0.29, 0.717) is 32.1 Å². The first-order valence-electron chi connectivity index (χ1n) is 10.2. The van der Waals surface area contributed by atoms with Gasteiger partial charge in [-0.1, -0.05) is 0 Å². The highest BCUT2D eigenvalue weighted by Crippen LogP contribution is 2.17. The molecule has 26 heavy (non-hydrogen) atoms. The number of nitrogens with zero attached hydrogens (tertiary/aromatic N) is 1. The number of rotatable bonds is 8. The van der Waals surface area contributed by atoms with Gasteiger partial charge in [0.2, 0.25) is 11.8 Å². The van der Waals surface area contributed by atoms with Gasteiger partial charge in [-0.15, -0.1) is 0 Å². The lowest BCUT2D eigenvalue weighted by Crippen LogP contribution is -2.46. The Labute approximate surface area is 156 Å². The van der Waals surface area contributed by atoms with Gasteiger partial charge in [0.25, 0.3) is 0 Å². The molecule has 0 aromatic carbocycles. The quantitative estimate of drug-likeness (QED) is 0.617. The van der Waals surface area contributed by atoms with Gasteiger partial charge in [0.05, 0.1) is 31.8 Å². The van der Waals surface area contributed by atoms with Gasteiger partial charge in [-0.05, 0) is 51.0 Å². The summed E-state index contributed by atoms with van der Waals surface area (Å²) < 4.78 is 11.1. The molecule has 0 aliphatic carbocycles. The Kier molecular flexibility index (Phi) is 7.70. The van der Waals surface area contributed by atoms with Crippen LogP contribution in [0.25, 0.3) is 0 Å². The second kappa shape index (κ2) is 10.2. The summed E-state index contributed by atoms with van der Waals surface area (Å²) in [4.78, 5) is 26.4. The van der Waals surface area contributed by atoms with Gasteiger partial charge in [-0.2, -0.15) is 0 Å². The fourth-order valence-electron chi connectivity index (χ4n) is 4.04. The zero-order valence-corrected chi connectivity index (χ0v) is 15.7. The van der Waals surface area contributed by atoms with E-state index < -0.39 is 0 Å². The first kappa shape index (κ1) is 19.6. The van der Waals surface area contributed by atoms with Crippen LogP contribution < -0.4 is 10.6 Å². The summed E-state index contributed by atoms with van der Waals surface area (Å²) in [5.41, 5.74) is 0. The molecular weight excluding hydrogens is 334 g/mol. The Hall–Kier alpha value is -1.18. The van der Waals surface area contributed by atoms with Gasteiger partial charge in [-0.25, -0.2) is 0 Å². The van der Waals surface area contributed by atoms with Crippen molar-refractivity contribution in [1.82, 2.24) is 15.5 Å². The molecule has 0 bridgehead atoms. The highest BCUT2D eigenvalue weighted by molar-refractivity contribution is 5.82. The molecule has 3 atom stereocenters. The zero-order valence-electron chi connectivity index (χ0n) is 15.7. The molecule has 3 rings (SSSR count). The molecule has 3 aliphatic rings. The molecule has 0 saturated carbocycles. The van der Waals surface area contributed by atoms with Gasteiger partial charge in [0.15, 0.2) is 0 Å². The van der Waals surface area contributed by atoms with E-state index in [2.05, 4.69) is 10.6 Å². The van der Waals surface area contributed by atoms with Crippen molar-refractivity contribution in [3.8, 4) is 0 Å². The number of likely N-dealkylation sites (tertiary alicyclic amines) is 1. The number of ether oxygens (including phenoxy) is 2. The van der Waals surface area contributed by atoms with Gasteiger partial charge < -0.3 is 25.0 Å². The molecule has 7 heteroatoms. The van der Waals surface area contributed by atoms with Crippen molar-refractivity contribution in [1.29, 1.82) is 0 Å². The minimum absolute atomic E-state index is 0.0303. The summed E-state index contributed by atoms with van der Waals surface area (Å²) in [6.45, 7) is 5.04. The fraction of sp³-hybridized carbons (Fsp3) is 0.895. The maximum atomic E-state index is 12.4. The molecule has 3 unspecified atom stereocenters. The molecule has 0 aromatic rings. The largest absolute Gasteiger partial charge is 0.378 e. The molecule has 3 saturated heterocycles. The van der Waals surface area contributed by atoms with Crippen molar-refractivity contribution in [2.75, 3.05) is 46.0 Å². The normalized spacial score (nSPS) is 29.1. The molecule has 3 heterocycles. The second-order valence-corrected chi connectivity index (χ2v) is 7.70. The zero-order chi connectivity index (χ0) is 18.2. The van der Waals surface area contributed by atoms with E-state index in [9.17, 15) is 9.59 Å². The van der Waals surface area contributed by atoms with E-state index in [4.69, 9.17) is 9.47 Å². The number of hydrogen-bond donors (Lipinski definition) is 2. The second-order valence-electron chi connectivity index (χ2n) is 7.70. The smallest absolute Gasteiger partial charge is 0.237 e. The van der Waals surface area contributed by atoms with Crippen LogP contribution in [0.4, 0.5) is 0 Å². The van der Waals surface area contributed by atoms with Gasteiger partial charge in [0.1, 0.15) is 0 Å². The third-order valence-corrected chi connectivity index (χ3v) is 5.60. The molecule has 0 aromatic heterocycles. The van der Waals surface area contributed by atoms with Gasteiger partial charge >= 0.3 is 0 Å². The van der Waals surface area contributed by atoms with Crippen molar-refractivity contribution < 1.29 is 19.1 Å². The molecular formula is C19H33N3O4. The lowest BCUT2D eigenvalue weighted by Gasteiger charge is -2.33. The number of carbonyl (C=O) groups excluding carboxylic acids is 2. The maximum absolute atomic E-state index is 12.4. The van der Waals surface area contributed by atoms with E-state index in [1.807, 2.05) is 4.90 Å². The first-order valence-corrected chi connectivity index (χ1v) is 10.2. The van der Waals surface area contributed by atoms with Crippen molar-refractivity contribution in [2.45, 2.75) is 57.1 Å². The minimum Gasteiger partial charge on any atom is -0.378 e. The molecule has 148 valence electrons. The van der Waals surface area contributed by atoms with Crippen molar-refractivity contribution in [3.63, 3.8) is 0 Å². The Morgan fingerprint density at radius 1 is 1.19 bits per heavy atom. The van der Waals surface area contributed by atoms with Crippen LogP contribution in [-0.4, -0.2) is 74.9 Å². The van der Waals surface area contributed by atoms with Crippen LogP contribution in [0.5, 0.6) is 0 Å². The number of nitrogens with one attached hydrogen (secondary N) is 2. The summed E-state index contributed by atoms with van der Waals surface area (Å²) in [6, 6.07) is -0.0303. The maximum Gasteiger partial charge on any atom is 0.237 e. The summed E-state index contributed by atoms with van der Waals surface area (Å²) in [7, 11) is 0. The SMILES string of the molecule is O=C(NCC1CCCN(C(=O)CCOCC2CCCO2)C1)C1CCCN1. The minimum atomic E-state index is -0.0303. The predicted molar refractivity (Wildman–Crippen MR) is 97.7 cm³/mol. The molecule has 3 aliphatic heterocycles. The van der Waals surface area contributed by atoms with E-state index in [1.54, 1.807) is 0 Å². The summed E-state index contributed by atoms with van der Waals surface area (Å²) in [5.74, 6) is 0.616. The van der Waals surface area contributed by atoms with Crippen LogP contribution in [0, 0.1) is 5.92 Å². The van der Waals surface area contributed by atoms with Crippen LogP contribution in [-0.2, 0) is 19.1 Å². The van der Waals surface area contributed by atoms with Crippen LogP contribution in [0.2, 0.25) is 0 Å². The molecule has 2 amide bonds. The van der Waals surface area contributed by atoms with Crippen LogP contribution >= 0.6 is 0 Å². The highest BCUT2D eigenvalue weighted by atomic mass is 16.5. The highest BCUT2D eigenvalue weighted by Gasteiger charge is 2.26. The Bertz CT molecular complexity index is 462. The van der Waals surface area contributed by atoms with E-state index in [-0.39, 0.29) is 24.0 Å². The van der Waals surface area contributed by atoms with Crippen molar-refractivity contribution >= 4 is 11.8 Å². The molecule has 2 N–H and O–H groups in total. The summed E-state index contributed by atoms with van der Waals surface area (Å²) in [6.07, 6.45) is 6.87. The number of hydrogen-bond acceptors (Lipinski definition) is 5. The summed E-state index contributed by atoms with van der Waals surface area (Å²) in [5, 5.41) is 6.28. The van der Waals surface area contributed by atoms with E-state index in [1.165, 1.54) is 0 Å². The third-order valence-electron chi connectivity index (χ3n) is 5.60. The number of piperidine rings is 1. The molecule has 7 nitrogen and oxygen atoms in total. The predicted octanol–water partition coefficient (Wildman–Crippen LogP) is 0.679. The Morgan fingerprint density at radius 2 is 2.12 bits per heavy atom. The first-order chi connectivity index (χ1) is 12.7. The standard InChI is InChI=1S/C19H33N3O4/c23-18(7-11-25-14-16-5-3-10-26-16)22-9-2-4-15(13-22)12-21-19(24)17-6-1-8-20-17/h15-17,20H,1-14H2,(H,21,24). The van der Waals surface area contributed by atoms with E-state index >= 15 is 0 Å². The molecule has 0 radical (unpaired) electrons. The van der Waals surface area contributed by atoms with Gasteiger partial charge in [0, 0.05) is 26.2 Å². The Balaban J connectivity index is 1.30.